The molecule has 0 amide bonds. The van der Waals surface area contributed by atoms with Crippen molar-refractivity contribution in [3.8, 4) is 0 Å². The van der Waals surface area contributed by atoms with Crippen LogP contribution in [-0.4, -0.2) is 11.9 Å². The average Bonchev–Trinajstić information content (AvgIpc) is 2.46. The first-order chi connectivity index (χ1) is 10.2. The lowest BCUT2D eigenvalue weighted by Gasteiger charge is -2.34. The van der Waals surface area contributed by atoms with Crippen LogP contribution in [0, 0.1) is 5.41 Å². The van der Waals surface area contributed by atoms with E-state index in [9.17, 15) is 0 Å². The highest BCUT2D eigenvalue weighted by atomic mass is 17.1. The first-order valence-electron chi connectivity index (χ1n) is 9.51. The molecule has 2 heteroatoms. The van der Waals surface area contributed by atoms with Crippen LogP contribution in [0.4, 0.5) is 0 Å². The minimum Gasteiger partial charge on any atom is -0.252 e. The second kappa shape index (κ2) is 14.8. The maximum Gasteiger partial charge on any atom is 0.0819 e. The van der Waals surface area contributed by atoms with Gasteiger partial charge in [-0.1, -0.05) is 78.6 Å². The third kappa shape index (κ3) is 11.2. The molecule has 0 rings (SSSR count). The lowest BCUT2D eigenvalue weighted by Crippen LogP contribution is -2.20. The average molecular weight is 301 g/mol. The molecule has 128 valence electrons. The Bertz CT molecular complexity index is 187. The van der Waals surface area contributed by atoms with Gasteiger partial charge in [-0.15, -0.1) is 0 Å². The van der Waals surface area contributed by atoms with Crippen LogP contribution in [0.15, 0.2) is 0 Å². The fourth-order valence-corrected chi connectivity index (χ4v) is 3.89. The molecule has 0 saturated carbocycles. The molecule has 0 bridgehead atoms. The van der Waals surface area contributed by atoms with Gasteiger partial charge in [-0.2, -0.15) is 0 Å². The van der Waals surface area contributed by atoms with Crippen molar-refractivity contribution in [3.63, 3.8) is 0 Å². The minimum atomic E-state index is 0.494. The lowest BCUT2D eigenvalue weighted by atomic mass is 9.72. The van der Waals surface area contributed by atoms with Crippen molar-refractivity contribution in [2.45, 2.75) is 111 Å². The molecule has 0 atom stereocenters. The van der Waals surface area contributed by atoms with Gasteiger partial charge in [-0.3, -0.25) is 5.26 Å². The monoisotopic (exact) mass is 300 g/mol. The second-order valence-electron chi connectivity index (χ2n) is 6.81. The third-order valence-electron chi connectivity index (χ3n) is 4.78. The van der Waals surface area contributed by atoms with Gasteiger partial charge in [0, 0.05) is 0 Å². The van der Waals surface area contributed by atoms with Gasteiger partial charge in [-0.25, -0.2) is 4.89 Å². The first kappa shape index (κ1) is 20.9. The van der Waals surface area contributed by atoms with E-state index in [2.05, 4.69) is 25.7 Å². The van der Waals surface area contributed by atoms with Crippen molar-refractivity contribution in [1.29, 1.82) is 0 Å². The van der Waals surface area contributed by atoms with Crippen LogP contribution >= 0.6 is 0 Å². The van der Waals surface area contributed by atoms with E-state index >= 15 is 0 Å². The molecular weight excluding hydrogens is 260 g/mol. The summed E-state index contributed by atoms with van der Waals surface area (Å²) in [7, 11) is 0. The maximum atomic E-state index is 8.25. The second-order valence-corrected chi connectivity index (χ2v) is 6.81. The van der Waals surface area contributed by atoms with Crippen LogP contribution in [-0.2, 0) is 4.89 Å². The summed E-state index contributed by atoms with van der Waals surface area (Å²) in [6.45, 7) is 7.52. The Morgan fingerprint density at radius 3 is 1.48 bits per heavy atom. The number of hydrogen-bond acceptors (Lipinski definition) is 2. The summed E-state index contributed by atoms with van der Waals surface area (Å²) in [4.78, 5) is 4.09. The van der Waals surface area contributed by atoms with Gasteiger partial charge in [0.15, 0.2) is 0 Å². The molecule has 0 aromatic carbocycles. The predicted molar refractivity (Wildman–Crippen MR) is 92.7 cm³/mol. The Hall–Kier alpha value is -0.0800. The quantitative estimate of drug-likeness (QED) is 0.189. The minimum absolute atomic E-state index is 0.494. The van der Waals surface area contributed by atoms with Crippen molar-refractivity contribution in [3.05, 3.63) is 0 Å². The topological polar surface area (TPSA) is 29.5 Å². The Kier molecular flexibility index (Phi) is 14.8. The summed E-state index contributed by atoms with van der Waals surface area (Å²) in [5.41, 5.74) is 0.650. The van der Waals surface area contributed by atoms with E-state index in [1.54, 1.807) is 0 Å². The van der Waals surface area contributed by atoms with Crippen LogP contribution in [0.2, 0.25) is 0 Å². The van der Waals surface area contributed by atoms with Crippen molar-refractivity contribution < 1.29 is 10.1 Å². The molecule has 2 nitrogen and oxygen atoms in total. The summed E-state index contributed by atoms with van der Waals surface area (Å²) in [6.07, 6.45) is 18.7. The summed E-state index contributed by atoms with van der Waals surface area (Å²) in [5.74, 6) is 0. The number of hydrogen-bond donors (Lipinski definition) is 1. The van der Waals surface area contributed by atoms with Crippen LogP contribution in [0.1, 0.15) is 111 Å². The zero-order chi connectivity index (χ0) is 15.8. The smallest absolute Gasteiger partial charge is 0.0819 e. The molecule has 0 spiro atoms. The summed E-state index contributed by atoms with van der Waals surface area (Å²) in [5, 5.41) is 8.25. The number of unbranched alkanes of at least 4 members (excludes halogenated alkanes) is 6. The Balaban J connectivity index is 3.76. The van der Waals surface area contributed by atoms with Gasteiger partial charge < -0.3 is 0 Å². The Morgan fingerprint density at radius 1 is 0.619 bits per heavy atom. The van der Waals surface area contributed by atoms with Crippen LogP contribution in [0.5, 0.6) is 0 Å². The van der Waals surface area contributed by atoms with Crippen molar-refractivity contribution in [2.24, 2.45) is 5.41 Å². The van der Waals surface area contributed by atoms with E-state index in [1.807, 2.05) is 0 Å². The molecule has 0 aliphatic rings. The molecular formula is C19H40O2. The number of rotatable bonds is 16. The van der Waals surface area contributed by atoms with E-state index in [-0.39, 0.29) is 0 Å². The van der Waals surface area contributed by atoms with Gasteiger partial charge in [0.05, 0.1) is 6.61 Å². The van der Waals surface area contributed by atoms with Gasteiger partial charge in [0.1, 0.15) is 0 Å². The van der Waals surface area contributed by atoms with Crippen molar-refractivity contribution >= 4 is 0 Å². The maximum absolute atomic E-state index is 8.25. The molecule has 0 fully saturated rings. The van der Waals surface area contributed by atoms with Gasteiger partial charge in [0.25, 0.3) is 0 Å². The van der Waals surface area contributed by atoms with E-state index in [4.69, 9.17) is 5.26 Å². The highest BCUT2D eigenvalue weighted by Crippen LogP contribution is 2.40. The molecule has 0 aromatic rings. The van der Waals surface area contributed by atoms with Gasteiger partial charge >= 0.3 is 0 Å². The SMILES string of the molecule is CCCC(CCC)(CCC)CCCCCCCCCOO. The Morgan fingerprint density at radius 2 is 1.05 bits per heavy atom. The summed E-state index contributed by atoms with van der Waals surface area (Å²) in [6, 6.07) is 0. The first-order valence-corrected chi connectivity index (χ1v) is 9.51. The van der Waals surface area contributed by atoms with E-state index in [0.29, 0.717) is 12.0 Å². The normalized spacial score (nSPS) is 12.0. The highest BCUT2D eigenvalue weighted by molar-refractivity contribution is 4.78. The molecule has 0 radical (unpaired) electrons. The molecule has 0 aliphatic heterocycles. The molecule has 1 N–H and O–H groups in total. The van der Waals surface area contributed by atoms with Crippen LogP contribution in [0.25, 0.3) is 0 Å². The van der Waals surface area contributed by atoms with Gasteiger partial charge in [0.2, 0.25) is 0 Å². The molecule has 0 saturated heterocycles. The van der Waals surface area contributed by atoms with E-state index in [1.165, 1.54) is 83.5 Å². The lowest BCUT2D eigenvalue weighted by molar-refractivity contribution is -0.242. The predicted octanol–water partition coefficient (Wildman–Crippen LogP) is 6.98. The van der Waals surface area contributed by atoms with Gasteiger partial charge in [-0.05, 0) is 37.5 Å². The zero-order valence-corrected chi connectivity index (χ0v) is 15.0. The fraction of sp³-hybridized carbons (Fsp3) is 1.00. The van der Waals surface area contributed by atoms with Crippen molar-refractivity contribution in [2.75, 3.05) is 6.61 Å². The molecule has 0 unspecified atom stereocenters. The fourth-order valence-electron chi connectivity index (χ4n) is 3.89. The summed E-state index contributed by atoms with van der Waals surface area (Å²) >= 11 is 0. The Labute approximate surface area is 133 Å². The third-order valence-corrected chi connectivity index (χ3v) is 4.78. The van der Waals surface area contributed by atoms with Crippen molar-refractivity contribution in [1.82, 2.24) is 0 Å². The largest absolute Gasteiger partial charge is 0.252 e. The van der Waals surface area contributed by atoms with E-state index in [0.717, 1.165) is 6.42 Å². The van der Waals surface area contributed by atoms with E-state index < -0.39 is 0 Å². The zero-order valence-electron chi connectivity index (χ0n) is 15.0. The molecule has 0 aromatic heterocycles. The van der Waals surface area contributed by atoms with Crippen LogP contribution < -0.4 is 0 Å². The standard InChI is InChI=1S/C19H40O2/c1-4-14-19(15-5-2,16-6-3)17-12-10-8-7-9-11-13-18-21-20/h20H,4-18H2,1-3H3. The molecule has 0 aliphatic carbocycles. The van der Waals surface area contributed by atoms with Crippen LogP contribution in [0.3, 0.4) is 0 Å². The molecule has 21 heavy (non-hydrogen) atoms. The molecule has 0 heterocycles. The highest BCUT2D eigenvalue weighted by Gasteiger charge is 2.26. The summed E-state index contributed by atoms with van der Waals surface area (Å²) < 4.78 is 0.